The Labute approximate surface area is 180 Å². The molecule has 0 spiro atoms. The molecule has 10 heteroatoms. The molecule has 1 amide bonds. The monoisotopic (exact) mass is 432 g/mol. The smallest absolute Gasteiger partial charge is 0.253 e. The third-order valence-corrected chi connectivity index (χ3v) is 4.98. The van der Waals surface area contributed by atoms with E-state index in [-0.39, 0.29) is 5.91 Å². The number of hydrogen-bond acceptors (Lipinski definition) is 6. The first-order chi connectivity index (χ1) is 14.7. The number of nitrogens with zero attached hydrogens (tertiary/aromatic N) is 6. The molecule has 0 aliphatic carbocycles. The van der Waals surface area contributed by atoms with Crippen LogP contribution in [0.25, 0.3) is 17.1 Å². The van der Waals surface area contributed by atoms with Crippen LogP contribution in [0.4, 0.5) is 0 Å². The predicted octanol–water partition coefficient (Wildman–Crippen LogP) is 2.83. The van der Waals surface area contributed by atoms with E-state index in [4.69, 9.17) is 11.6 Å². The molecule has 1 N–H and O–H groups in total. The molecule has 0 aliphatic heterocycles. The summed E-state index contributed by atoms with van der Waals surface area (Å²) in [6, 6.07) is 10.8. The molecule has 4 rings (SSSR count). The Morgan fingerprint density at radius 1 is 1.10 bits per heavy atom. The van der Waals surface area contributed by atoms with Crippen LogP contribution in [0.3, 0.4) is 0 Å². The van der Waals surface area contributed by atoms with E-state index in [0.717, 1.165) is 11.1 Å². The van der Waals surface area contributed by atoms with Crippen molar-refractivity contribution in [1.82, 2.24) is 35.0 Å². The molecule has 4 aromatic rings. The number of carbonyl (C=O) groups is 1. The van der Waals surface area contributed by atoms with Gasteiger partial charge in [-0.2, -0.15) is 9.78 Å². The summed E-state index contributed by atoms with van der Waals surface area (Å²) in [6.45, 7) is 0. The number of amides is 1. The van der Waals surface area contributed by atoms with E-state index in [2.05, 4.69) is 40.6 Å². The summed E-state index contributed by atoms with van der Waals surface area (Å²) in [5, 5.41) is 7.78. The Morgan fingerprint density at radius 2 is 1.87 bits per heavy atom. The van der Waals surface area contributed by atoms with Crippen LogP contribution in [0.15, 0.2) is 67.5 Å². The van der Waals surface area contributed by atoms with Gasteiger partial charge in [-0.3, -0.25) is 9.78 Å². The van der Waals surface area contributed by atoms with E-state index >= 15 is 0 Å². The molecule has 8 nitrogen and oxygen atoms in total. The van der Waals surface area contributed by atoms with Crippen LogP contribution in [0.1, 0.15) is 22.2 Å². The van der Waals surface area contributed by atoms with Crippen molar-refractivity contribution < 1.29 is 4.79 Å². The van der Waals surface area contributed by atoms with Crippen molar-refractivity contribution in [3.63, 3.8) is 0 Å². The number of rotatable bonds is 6. The van der Waals surface area contributed by atoms with Gasteiger partial charge in [-0.15, -0.1) is 0 Å². The Bertz CT molecular complexity index is 1150. The van der Waals surface area contributed by atoms with E-state index in [1.807, 2.05) is 12.1 Å². The molecule has 1 unspecified atom stereocenters. The van der Waals surface area contributed by atoms with Crippen molar-refractivity contribution in [3.05, 3.63) is 83.9 Å². The van der Waals surface area contributed by atoms with Crippen molar-refractivity contribution in [2.24, 2.45) is 0 Å². The van der Waals surface area contributed by atoms with Gasteiger partial charge in [-0.1, -0.05) is 23.7 Å². The van der Waals surface area contributed by atoms with Crippen molar-refractivity contribution in [3.8, 4) is 17.1 Å². The quantitative estimate of drug-likeness (QED) is 0.470. The molecule has 0 saturated heterocycles. The highest BCUT2D eigenvalue weighted by molar-refractivity contribution is 6.30. The lowest BCUT2D eigenvalue weighted by Gasteiger charge is -2.17. The molecule has 30 heavy (non-hydrogen) atoms. The van der Waals surface area contributed by atoms with Crippen molar-refractivity contribution in [1.29, 1.82) is 0 Å². The standard InChI is InChI=1S/C20H15ClN7OSi/c21-16-4-2-13(3-5-16)14-8-15(10-22-9-14)19(29)27-17(11-30)18-25-12-26-28(18)20-23-6-1-7-24-20/h1-10,12,17H,11H2,(H,27,29). The molecule has 3 heterocycles. The van der Waals surface area contributed by atoms with Crippen molar-refractivity contribution in [2.75, 3.05) is 0 Å². The Morgan fingerprint density at radius 3 is 2.60 bits per heavy atom. The number of aromatic nitrogens is 6. The normalized spacial score (nSPS) is 11.8. The van der Waals surface area contributed by atoms with Crippen LogP contribution < -0.4 is 5.32 Å². The van der Waals surface area contributed by atoms with Crippen molar-refractivity contribution >= 4 is 27.8 Å². The van der Waals surface area contributed by atoms with Gasteiger partial charge < -0.3 is 5.32 Å². The summed E-state index contributed by atoms with van der Waals surface area (Å²) < 4.78 is 1.49. The summed E-state index contributed by atoms with van der Waals surface area (Å²) in [5.74, 6) is 0.590. The van der Waals surface area contributed by atoms with E-state index < -0.39 is 6.04 Å². The maximum absolute atomic E-state index is 12.9. The van der Waals surface area contributed by atoms with Gasteiger partial charge in [0.05, 0.1) is 11.6 Å². The average molecular weight is 433 g/mol. The lowest BCUT2D eigenvalue weighted by molar-refractivity contribution is 0.0937. The lowest BCUT2D eigenvalue weighted by atomic mass is 10.1. The van der Waals surface area contributed by atoms with E-state index in [1.165, 1.54) is 17.2 Å². The molecular weight excluding hydrogens is 418 g/mol. The maximum atomic E-state index is 12.9. The second kappa shape index (κ2) is 8.93. The first-order valence-corrected chi connectivity index (χ1v) is 10.1. The van der Waals surface area contributed by atoms with Crippen LogP contribution in [0.2, 0.25) is 11.1 Å². The van der Waals surface area contributed by atoms with Gasteiger partial charge in [0.1, 0.15) is 6.33 Å². The summed E-state index contributed by atoms with van der Waals surface area (Å²) in [5.41, 5.74) is 2.16. The third-order valence-electron chi connectivity index (χ3n) is 4.31. The number of benzene rings is 1. The molecular formula is C20H15ClN7OSi. The highest BCUT2D eigenvalue weighted by Gasteiger charge is 2.21. The van der Waals surface area contributed by atoms with E-state index in [0.29, 0.717) is 28.4 Å². The number of pyridine rings is 1. The first-order valence-electron chi connectivity index (χ1n) is 8.99. The number of carbonyl (C=O) groups excluding carboxylic acids is 1. The average Bonchev–Trinajstić information content (AvgIpc) is 3.28. The zero-order valence-corrected chi connectivity index (χ0v) is 17.4. The highest BCUT2D eigenvalue weighted by Crippen LogP contribution is 2.22. The van der Waals surface area contributed by atoms with Gasteiger partial charge >= 0.3 is 0 Å². The van der Waals surface area contributed by atoms with Crippen LogP contribution in [-0.2, 0) is 0 Å². The minimum absolute atomic E-state index is 0.287. The second-order valence-electron chi connectivity index (χ2n) is 6.28. The van der Waals surface area contributed by atoms with Gasteiger partial charge in [0, 0.05) is 45.6 Å². The summed E-state index contributed by atoms with van der Waals surface area (Å²) in [7, 11) is 3.49. The van der Waals surface area contributed by atoms with Gasteiger partial charge in [0.2, 0.25) is 0 Å². The molecule has 0 saturated carbocycles. The van der Waals surface area contributed by atoms with Crippen molar-refractivity contribution in [2.45, 2.75) is 12.1 Å². The minimum atomic E-state index is -0.459. The van der Waals surface area contributed by atoms with Gasteiger partial charge in [0.15, 0.2) is 5.82 Å². The van der Waals surface area contributed by atoms with Crippen LogP contribution in [0, 0.1) is 0 Å². The summed E-state index contributed by atoms with van der Waals surface area (Å²) in [6.07, 6.45) is 7.84. The second-order valence-corrected chi connectivity index (χ2v) is 7.12. The molecule has 0 bridgehead atoms. The zero-order valence-electron chi connectivity index (χ0n) is 15.6. The molecule has 1 atom stereocenters. The molecule has 0 aliphatic rings. The lowest BCUT2D eigenvalue weighted by Crippen LogP contribution is -2.30. The molecule has 3 radical (unpaired) electrons. The molecule has 0 fully saturated rings. The SMILES string of the molecule is O=C(NC(C[Si])c1ncnn1-c1ncccn1)c1cncc(-c2ccc(Cl)cc2)c1. The fourth-order valence-electron chi connectivity index (χ4n) is 2.86. The molecule has 1 aromatic carbocycles. The van der Waals surface area contributed by atoms with E-state index in [1.54, 1.807) is 42.9 Å². The molecule has 147 valence electrons. The van der Waals surface area contributed by atoms with Crippen LogP contribution in [0.5, 0.6) is 0 Å². The fraction of sp³-hybridized carbons (Fsp3) is 0.100. The largest absolute Gasteiger partial charge is 0.342 e. The third kappa shape index (κ3) is 4.26. The van der Waals surface area contributed by atoms with Gasteiger partial charge in [-0.25, -0.2) is 15.0 Å². The number of hydrogen-bond donors (Lipinski definition) is 1. The van der Waals surface area contributed by atoms with E-state index in [9.17, 15) is 4.79 Å². The predicted molar refractivity (Wildman–Crippen MR) is 112 cm³/mol. The highest BCUT2D eigenvalue weighted by atomic mass is 35.5. The zero-order chi connectivity index (χ0) is 20.9. The fourth-order valence-corrected chi connectivity index (χ4v) is 3.27. The van der Waals surface area contributed by atoms with Crippen LogP contribution in [-0.4, -0.2) is 45.9 Å². The molecule has 3 aromatic heterocycles. The number of halogens is 1. The number of nitrogens with one attached hydrogen (secondary N) is 1. The topological polar surface area (TPSA) is 98.5 Å². The first kappa shape index (κ1) is 19.9. The van der Waals surface area contributed by atoms with Gasteiger partial charge in [-0.05, 0) is 35.9 Å². The Kier molecular flexibility index (Phi) is 5.91. The Balaban J connectivity index is 1.57. The summed E-state index contributed by atoms with van der Waals surface area (Å²) >= 11 is 5.95. The minimum Gasteiger partial charge on any atom is -0.342 e. The summed E-state index contributed by atoms with van der Waals surface area (Å²) in [4.78, 5) is 29.8. The maximum Gasteiger partial charge on any atom is 0.253 e. The van der Waals surface area contributed by atoms with Gasteiger partial charge in [0.25, 0.3) is 11.9 Å². The Hall–Kier alpha value is -3.43. The van der Waals surface area contributed by atoms with Crippen LogP contribution >= 0.6 is 11.6 Å².